The molecule has 2 aromatic rings. The lowest BCUT2D eigenvalue weighted by atomic mass is 10.1. The van der Waals surface area contributed by atoms with Crippen LogP contribution >= 0.6 is 22.6 Å². The highest BCUT2D eigenvalue weighted by Gasteiger charge is 2.02. The molecule has 0 unspecified atom stereocenters. The zero-order valence-electron chi connectivity index (χ0n) is 11.3. The van der Waals surface area contributed by atoms with Gasteiger partial charge in [0.15, 0.2) is 0 Å². The smallest absolute Gasteiger partial charge is 0.243 e. The maximum absolute atomic E-state index is 11.8. The first kappa shape index (κ1) is 14.8. The van der Waals surface area contributed by atoms with Gasteiger partial charge in [0.25, 0.3) is 0 Å². The van der Waals surface area contributed by atoms with Gasteiger partial charge in [-0.3, -0.25) is 4.79 Å². The van der Waals surface area contributed by atoms with Crippen LogP contribution in [0.1, 0.15) is 12.5 Å². The third kappa shape index (κ3) is 4.52. The summed E-state index contributed by atoms with van der Waals surface area (Å²) in [6.45, 7) is 2.37. The fraction of sp³-hybridized carbons (Fsp3) is 0.188. The molecule has 0 aromatic heterocycles. The predicted octanol–water partition coefficient (Wildman–Crippen LogP) is 3.90. The quantitative estimate of drug-likeness (QED) is 0.773. The number of carbonyl (C=O) groups excluding carboxylic acids is 1. The molecule has 3 nitrogen and oxygen atoms in total. The van der Waals surface area contributed by atoms with Crippen molar-refractivity contribution < 1.29 is 4.79 Å². The van der Waals surface area contributed by atoms with Crippen LogP contribution in [-0.2, 0) is 11.2 Å². The molecule has 0 bridgehead atoms. The molecule has 20 heavy (non-hydrogen) atoms. The number of anilines is 2. The Labute approximate surface area is 132 Å². The van der Waals surface area contributed by atoms with E-state index in [0.29, 0.717) is 0 Å². The number of carbonyl (C=O) groups is 1. The summed E-state index contributed by atoms with van der Waals surface area (Å²) in [5.74, 6) is -0.0483. The molecule has 104 valence electrons. The van der Waals surface area contributed by atoms with Gasteiger partial charge in [-0.05, 0) is 71.0 Å². The lowest BCUT2D eigenvalue weighted by Crippen LogP contribution is -2.21. The van der Waals surface area contributed by atoms with Gasteiger partial charge in [0, 0.05) is 14.9 Å². The van der Waals surface area contributed by atoms with E-state index in [0.717, 1.165) is 17.8 Å². The summed E-state index contributed by atoms with van der Waals surface area (Å²) in [6, 6.07) is 15.9. The normalized spacial score (nSPS) is 10.1. The highest BCUT2D eigenvalue weighted by Crippen LogP contribution is 2.12. The van der Waals surface area contributed by atoms with Crippen LogP contribution in [0.25, 0.3) is 0 Å². The average molecular weight is 380 g/mol. The summed E-state index contributed by atoms with van der Waals surface area (Å²) in [6.07, 6.45) is 1.00. The monoisotopic (exact) mass is 380 g/mol. The number of amides is 1. The van der Waals surface area contributed by atoms with E-state index in [1.807, 2.05) is 48.5 Å². The topological polar surface area (TPSA) is 41.1 Å². The van der Waals surface area contributed by atoms with E-state index in [-0.39, 0.29) is 12.5 Å². The molecule has 0 radical (unpaired) electrons. The van der Waals surface area contributed by atoms with Crippen LogP contribution in [0, 0.1) is 3.57 Å². The molecule has 0 spiro atoms. The molecule has 0 aliphatic heterocycles. The molecule has 0 aliphatic rings. The van der Waals surface area contributed by atoms with E-state index in [1.165, 1.54) is 9.13 Å². The average Bonchev–Trinajstić information content (AvgIpc) is 2.47. The second kappa shape index (κ2) is 7.28. The second-order valence-corrected chi connectivity index (χ2v) is 5.70. The van der Waals surface area contributed by atoms with Gasteiger partial charge in [0.1, 0.15) is 0 Å². The summed E-state index contributed by atoms with van der Waals surface area (Å²) in [4.78, 5) is 11.8. The Balaban J connectivity index is 1.84. The third-order valence-electron chi connectivity index (χ3n) is 2.94. The molecular weight excluding hydrogens is 363 g/mol. The zero-order valence-corrected chi connectivity index (χ0v) is 13.5. The fourth-order valence-corrected chi connectivity index (χ4v) is 2.14. The minimum atomic E-state index is -0.0483. The molecule has 0 fully saturated rings. The summed E-state index contributed by atoms with van der Waals surface area (Å²) in [7, 11) is 0. The Bertz CT molecular complexity index is 564. The molecule has 2 rings (SSSR count). The number of benzene rings is 2. The molecule has 0 saturated heterocycles. The summed E-state index contributed by atoms with van der Waals surface area (Å²) in [5.41, 5.74) is 3.04. The van der Waals surface area contributed by atoms with Gasteiger partial charge in [0.05, 0.1) is 6.54 Å². The molecule has 2 aromatic carbocycles. The summed E-state index contributed by atoms with van der Waals surface area (Å²) < 4.78 is 1.17. The number of rotatable bonds is 5. The van der Waals surface area contributed by atoms with Gasteiger partial charge < -0.3 is 10.6 Å². The number of halogens is 1. The van der Waals surface area contributed by atoms with Crippen molar-refractivity contribution in [3.05, 3.63) is 57.7 Å². The van der Waals surface area contributed by atoms with Crippen LogP contribution in [0.15, 0.2) is 48.5 Å². The molecule has 0 heterocycles. The van der Waals surface area contributed by atoms with Crippen LogP contribution in [-0.4, -0.2) is 12.5 Å². The molecule has 0 atom stereocenters. The van der Waals surface area contributed by atoms with Crippen LogP contribution in [0.5, 0.6) is 0 Å². The van der Waals surface area contributed by atoms with Crippen molar-refractivity contribution in [2.75, 3.05) is 17.2 Å². The van der Waals surface area contributed by atoms with E-state index in [9.17, 15) is 4.79 Å². The molecule has 0 aliphatic carbocycles. The molecule has 0 saturated carbocycles. The predicted molar refractivity (Wildman–Crippen MR) is 92.1 cm³/mol. The van der Waals surface area contributed by atoms with Crippen molar-refractivity contribution in [3.8, 4) is 0 Å². The molecule has 2 N–H and O–H groups in total. The first-order chi connectivity index (χ1) is 9.67. The van der Waals surface area contributed by atoms with Gasteiger partial charge in [-0.25, -0.2) is 0 Å². The van der Waals surface area contributed by atoms with E-state index in [2.05, 4.69) is 40.1 Å². The van der Waals surface area contributed by atoms with Crippen molar-refractivity contribution in [3.63, 3.8) is 0 Å². The minimum absolute atomic E-state index is 0.0483. The summed E-state index contributed by atoms with van der Waals surface area (Å²) in [5, 5.41) is 5.97. The Hall–Kier alpha value is -1.56. The van der Waals surface area contributed by atoms with Crippen molar-refractivity contribution in [1.82, 2.24) is 0 Å². The largest absolute Gasteiger partial charge is 0.376 e. The lowest BCUT2D eigenvalue weighted by molar-refractivity contribution is -0.114. The Morgan fingerprint density at radius 1 is 1.00 bits per heavy atom. The SMILES string of the molecule is CCc1ccc(NC(=O)CNc2ccc(I)cc2)cc1. The summed E-state index contributed by atoms with van der Waals surface area (Å²) >= 11 is 2.25. The highest BCUT2D eigenvalue weighted by atomic mass is 127. The van der Waals surface area contributed by atoms with Gasteiger partial charge in [-0.1, -0.05) is 19.1 Å². The maximum Gasteiger partial charge on any atom is 0.243 e. The van der Waals surface area contributed by atoms with E-state index in [1.54, 1.807) is 0 Å². The van der Waals surface area contributed by atoms with E-state index < -0.39 is 0 Å². The molecule has 4 heteroatoms. The van der Waals surface area contributed by atoms with Crippen LogP contribution in [0.4, 0.5) is 11.4 Å². The van der Waals surface area contributed by atoms with Gasteiger partial charge >= 0.3 is 0 Å². The Morgan fingerprint density at radius 3 is 2.20 bits per heavy atom. The van der Waals surface area contributed by atoms with Gasteiger partial charge in [-0.2, -0.15) is 0 Å². The van der Waals surface area contributed by atoms with Crippen molar-refractivity contribution in [2.24, 2.45) is 0 Å². The zero-order chi connectivity index (χ0) is 14.4. The lowest BCUT2D eigenvalue weighted by Gasteiger charge is -2.08. The number of hydrogen-bond acceptors (Lipinski definition) is 2. The minimum Gasteiger partial charge on any atom is -0.376 e. The number of hydrogen-bond donors (Lipinski definition) is 2. The Morgan fingerprint density at radius 2 is 1.60 bits per heavy atom. The molecule has 1 amide bonds. The van der Waals surface area contributed by atoms with Crippen LogP contribution < -0.4 is 10.6 Å². The molecular formula is C16H17IN2O. The van der Waals surface area contributed by atoms with Crippen molar-refractivity contribution in [1.29, 1.82) is 0 Å². The van der Waals surface area contributed by atoms with Crippen LogP contribution in [0.3, 0.4) is 0 Å². The number of nitrogens with one attached hydrogen (secondary N) is 2. The van der Waals surface area contributed by atoms with E-state index in [4.69, 9.17) is 0 Å². The standard InChI is InChI=1S/C16H17IN2O/c1-2-12-3-7-15(8-4-12)19-16(20)11-18-14-9-5-13(17)6-10-14/h3-10,18H,2,11H2,1H3,(H,19,20). The first-order valence-corrected chi connectivity index (χ1v) is 7.63. The van der Waals surface area contributed by atoms with Gasteiger partial charge in [0.2, 0.25) is 5.91 Å². The second-order valence-electron chi connectivity index (χ2n) is 4.46. The fourth-order valence-electron chi connectivity index (χ4n) is 1.78. The highest BCUT2D eigenvalue weighted by molar-refractivity contribution is 14.1. The first-order valence-electron chi connectivity index (χ1n) is 6.55. The third-order valence-corrected chi connectivity index (χ3v) is 3.66. The van der Waals surface area contributed by atoms with E-state index >= 15 is 0 Å². The van der Waals surface area contributed by atoms with Crippen molar-refractivity contribution in [2.45, 2.75) is 13.3 Å². The van der Waals surface area contributed by atoms with Gasteiger partial charge in [-0.15, -0.1) is 0 Å². The van der Waals surface area contributed by atoms with Crippen LogP contribution in [0.2, 0.25) is 0 Å². The number of aryl methyl sites for hydroxylation is 1. The maximum atomic E-state index is 11.8. The van der Waals surface area contributed by atoms with Crippen molar-refractivity contribution >= 4 is 39.9 Å². The Kier molecular flexibility index (Phi) is 5.40.